The molecule has 0 radical (unpaired) electrons. The van der Waals surface area contributed by atoms with Crippen LogP contribution in [0.2, 0.25) is 5.02 Å². The van der Waals surface area contributed by atoms with Crippen LogP contribution in [0.5, 0.6) is 0 Å². The summed E-state index contributed by atoms with van der Waals surface area (Å²) in [6, 6.07) is 27.6. The van der Waals surface area contributed by atoms with Crippen LogP contribution in [0.15, 0.2) is 97.1 Å². The average Bonchev–Trinajstić information content (AvgIpc) is 3.09. The molecule has 1 aliphatic carbocycles. The Morgan fingerprint density at radius 3 is 1.59 bits per heavy atom. The number of benzene rings is 3. The highest BCUT2D eigenvalue weighted by atomic mass is 35.5. The van der Waals surface area contributed by atoms with Gasteiger partial charge in [-0.25, -0.2) is 0 Å². The predicted molar refractivity (Wildman–Crippen MR) is 126 cm³/mol. The summed E-state index contributed by atoms with van der Waals surface area (Å²) < 4.78 is 0. The summed E-state index contributed by atoms with van der Waals surface area (Å²) in [4.78, 5) is 28.8. The third kappa shape index (κ3) is 3.78. The summed E-state index contributed by atoms with van der Waals surface area (Å²) in [5, 5.41) is 0.676. The van der Waals surface area contributed by atoms with E-state index in [1.54, 1.807) is 0 Å². The van der Waals surface area contributed by atoms with Gasteiger partial charge in [-0.2, -0.15) is 0 Å². The van der Waals surface area contributed by atoms with Crippen molar-refractivity contribution in [2.45, 2.75) is 18.3 Å². The molecule has 3 nitrogen and oxygen atoms in total. The topological polar surface area (TPSA) is 37.4 Å². The van der Waals surface area contributed by atoms with E-state index in [0.717, 1.165) is 16.7 Å². The minimum Gasteiger partial charge on any atom is -0.282 e. The van der Waals surface area contributed by atoms with Gasteiger partial charge >= 0.3 is 0 Å². The largest absolute Gasteiger partial charge is 0.282 e. The second kappa shape index (κ2) is 8.76. The van der Waals surface area contributed by atoms with Crippen molar-refractivity contribution in [1.82, 2.24) is 4.90 Å². The number of imide groups is 1. The maximum atomic E-state index is 13.6. The zero-order valence-electron chi connectivity index (χ0n) is 17.6. The minimum absolute atomic E-state index is 0.0619. The minimum atomic E-state index is -0.384. The first kappa shape index (κ1) is 20.7. The molecule has 2 amide bonds. The van der Waals surface area contributed by atoms with Crippen molar-refractivity contribution in [2.75, 3.05) is 6.54 Å². The molecule has 3 aromatic carbocycles. The third-order valence-electron chi connectivity index (χ3n) is 6.70. The van der Waals surface area contributed by atoms with Gasteiger partial charge in [0.1, 0.15) is 0 Å². The molecule has 0 spiro atoms. The van der Waals surface area contributed by atoms with Gasteiger partial charge in [-0.05, 0) is 35.2 Å². The molecule has 1 fully saturated rings. The van der Waals surface area contributed by atoms with Gasteiger partial charge in [0, 0.05) is 23.4 Å². The Morgan fingerprint density at radius 2 is 1.12 bits per heavy atom. The van der Waals surface area contributed by atoms with Gasteiger partial charge in [-0.1, -0.05) is 96.5 Å². The summed E-state index contributed by atoms with van der Waals surface area (Å²) in [7, 11) is 0. The van der Waals surface area contributed by atoms with Crippen molar-refractivity contribution in [3.8, 4) is 0 Å². The van der Waals surface area contributed by atoms with E-state index in [9.17, 15) is 9.59 Å². The third-order valence-corrected chi connectivity index (χ3v) is 6.95. The summed E-state index contributed by atoms with van der Waals surface area (Å²) in [6.45, 7) is 0.384. The molecule has 0 unspecified atom stereocenters. The summed E-state index contributed by atoms with van der Waals surface area (Å²) in [5.74, 6) is -1.09. The SMILES string of the molecule is O=C1[C@H]2[C@H](C(=O)N1CCc1ccc(Cl)cc1)[C@H](c1ccccc1)C=C[C@H]2c1ccccc1. The van der Waals surface area contributed by atoms with E-state index in [2.05, 4.69) is 12.2 Å². The molecule has 1 saturated heterocycles. The number of nitrogens with zero attached hydrogens (tertiary/aromatic N) is 1. The van der Waals surface area contributed by atoms with Crippen LogP contribution < -0.4 is 0 Å². The lowest BCUT2D eigenvalue weighted by atomic mass is 9.68. The number of rotatable bonds is 5. The molecule has 0 aromatic heterocycles. The Kier molecular flexibility index (Phi) is 5.67. The van der Waals surface area contributed by atoms with Crippen molar-refractivity contribution >= 4 is 23.4 Å². The number of likely N-dealkylation sites (tertiary alicyclic amines) is 1. The van der Waals surface area contributed by atoms with Crippen LogP contribution >= 0.6 is 11.6 Å². The number of carbonyl (C=O) groups is 2. The lowest BCUT2D eigenvalue weighted by Crippen LogP contribution is -2.33. The van der Waals surface area contributed by atoms with Crippen molar-refractivity contribution in [3.63, 3.8) is 0 Å². The van der Waals surface area contributed by atoms with Crippen LogP contribution in [0.3, 0.4) is 0 Å². The standard InChI is InChI=1S/C28H24ClNO2/c29-22-13-11-19(12-14-22)17-18-30-27(31)25-23(20-7-3-1-4-8-20)15-16-24(26(25)28(30)32)21-9-5-2-6-10-21/h1-16,23-26H,17-18H2/t23-,24-,25+,26+/m0/s1. The zero-order chi connectivity index (χ0) is 22.1. The number of hydrogen-bond donors (Lipinski definition) is 0. The molecule has 1 heterocycles. The summed E-state index contributed by atoms with van der Waals surface area (Å²) >= 11 is 5.99. The van der Waals surface area contributed by atoms with E-state index < -0.39 is 0 Å². The quantitative estimate of drug-likeness (QED) is 0.380. The van der Waals surface area contributed by atoms with Gasteiger partial charge in [-0.3, -0.25) is 14.5 Å². The molecule has 0 saturated carbocycles. The van der Waals surface area contributed by atoms with Crippen molar-refractivity contribution in [1.29, 1.82) is 0 Å². The Balaban J connectivity index is 1.48. The highest BCUT2D eigenvalue weighted by Crippen LogP contribution is 2.49. The molecule has 0 N–H and O–H groups in total. The first-order valence-corrected chi connectivity index (χ1v) is 11.4. The lowest BCUT2D eigenvalue weighted by Gasteiger charge is -2.32. The van der Waals surface area contributed by atoms with E-state index in [0.29, 0.717) is 18.0 Å². The molecule has 4 atom stereocenters. The molecule has 0 bridgehead atoms. The number of hydrogen-bond acceptors (Lipinski definition) is 2. The molecule has 4 heteroatoms. The van der Waals surface area contributed by atoms with E-state index >= 15 is 0 Å². The number of allylic oxidation sites excluding steroid dienone is 2. The van der Waals surface area contributed by atoms with Gasteiger partial charge in [-0.15, -0.1) is 0 Å². The fourth-order valence-corrected chi connectivity index (χ4v) is 5.23. The molecule has 32 heavy (non-hydrogen) atoms. The summed E-state index contributed by atoms with van der Waals surface area (Å²) in [6.07, 6.45) is 4.87. The van der Waals surface area contributed by atoms with Crippen LogP contribution in [0.4, 0.5) is 0 Å². The molecule has 5 rings (SSSR count). The lowest BCUT2D eigenvalue weighted by molar-refractivity contribution is -0.139. The van der Waals surface area contributed by atoms with E-state index in [4.69, 9.17) is 11.6 Å². The molecule has 2 aliphatic rings. The highest BCUT2D eigenvalue weighted by molar-refractivity contribution is 6.30. The van der Waals surface area contributed by atoms with E-state index in [1.165, 1.54) is 4.90 Å². The normalized spacial score (nSPS) is 24.6. The van der Waals surface area contributed by atoms with Crippen molar-refractivity contribution in [2.24, 2.45) is 11.8 Å². The Bertz CT molecular complexity index is 1070. The Hall–Kier alpha value is -3.17. The molecule has 160 valence electrons. The maximum absolute atomic E-state index is 13.6. The van der Waals surface area contributed by atoms with Crippen LogP contribution in [-0.4, -0.2) is 23.3 Å². The second-order valence-corrected chi connectivity index (χ2v) is 8.95. The van der Waals surface area contributed by atoms with E-state index in [-0.39, 0.29) is 35.5 Å². The van der Waals surface area contributed by atoms with Gasteiger partial charge in [0.2, 0.25) is 11.8 Å². The highest BCUT2D eigenvalue weighted by Gasteiger charge is 2.54. The smallest absolute Gasteiger partial charge is 0.234 e. The fraction of sp³-hybridized carbons (Fsp3) is 0.214. The zero-order valence-corrected chi connectivity index (χ0v) is 18.4. The number of amides is 2. The number of carbonyl (C=O) groups excluding carboxylic acids is 2. The van der Waals surface area contributed by atoms with Gasteiger partial charge in [0.05, 0.1) is 11.8 Å². The Morgan fingerprint density at radius 1 is 0.656 bits per heavy atom. The van der Waals surface area contributed by atoms with E-state index in [1.807, 2.05) is 84.9 Å². The molecule has 1 aliphatic heterocycles. The second-order valence-electron chi connectivity index (χ2n) is 8.51. The molecule has 3 aromatic rings. The monoisotopic (exact) mass is 441 g/mol. The average molecular weight is 442 g/mol. The van der Waals surface area contributed by atoms with Crippen LogP contribution in [0.1, 0.15) is 28.5 Å². The number of halogens is 1. The predicted octanol–water partition coefficient (Wildman–Crippen LogP) is 5.62. The molecular weight excluding hydrogens is 418 g/mol. The van der Waals surface area contributed by atoms with Gasteiger partial charge in [0.25, 0.3) is 0 Å². The van der Waals surface area contributed by atoms with Crippen LogP contribution in [0, 0.1) is 11.8 Å². The Labute approximate surface area is 193 Å². The van der Waals surface area contributed by atoms with Gasteiger partial charge in [0.15, 0.2) is 0 Å². The van der Waals surface area contributed by atoms with Crippen LogP contribution in [0.25, 0.3) is 0 Å². The fourth-order valence-electron chi connectivity index (χ4n) is 5.11. The van der Waals surface area contributed by atoms with Crippen molar-refractivity contribution in [3.05, 3.63) is 119 Å². The van der Waals surface area contributed by atoms with Crippen LogP contribution in [-0.2, 0) is 16.0 Å². The first-order valence-electron chi connectivity index (χ1n) is 11.0. The van der Waals surface area contributed by atoms with Crippen molar-refractivity contribution < 1.29 is 9.59 Å². The number of fused-ring (bicyclic) bond motifs is 1. The maximum Gasteiger partial charge on any atom is 0.234 e. The molecular formula is C28H24ClNO2. The summed E-state index contributed by atoms with van der Waals surface area (Å²) in [5.41, 5.74) is 3.21. The first-order chi connectivity index (χ1) is 15.6. The van der Waals surface area contributed by atoms with Gasteiger partial charge < -0.3 is 0 Å².